The Bertz CT molecular complexity index is 1530. The maximum Gasteiger partial charge on any atom is 0.263 e. The van der Waals surface area contributed by atoms with Gasteiger partial charge in [0.15, 0.2) is 0 Å². The van der Waals surface area contributed by atoms with Gasteiger partial charge < -0.3 is 24.0 Å². The second kappa shape index (κ2) is 11.3. The van der Waals surface area contributed by atoms with Gasteiger partial charge in [-0.15, -0.1) is 0 Å². The van der Waals surface area contributed by atoms with Gasteiger partial charge in [0, 0.05) is 54.1 Å². The van der Waals surface area contributed by atoms with E-state index in [-0.39, 0.29) is 28.9 Å². The van der Waals surface area contributed by atoms with Crippen LogP contribution in [-0.2, 0) is 0 Å². The third-order valence-electron chi connectivity index (χ3n) is 6.08. The molecule has 1 aromatic heterocycles. The Morgan fingerprint density at radius 1 is 1.00 bits per heavy atom. The molecule has 0 aliphatic carbocycles. The summed E-state index contributed by atoms with van der Waals surface area (Å²) in [7, 11) is 1.51. The maximum absolute atomic E-state index is 13.9. The number of rotatable bonds is 9. The molecule has 38 heavy (non-hydrogen) atoms. The molecule has 0 bridgehead atoms. The Balaban J connectivity index is 1.92. The molecule has 0 saturated heterocycles. The fourth-order valence-corrected chi connectivity index (χ4v) is 4.19. The monoisotopic (exact) mass is 522 g/mol. The van der Waals surface area contributed by atoms with Crippen molar-refractivity contribution in [1.82, 2.24) is 4.57 Å². The normalized spacial score (nSPS) is 11.0. The lowest BCUT2D eigenvalue weighted by atomic mass is 10.1. The number of fused-ring (bicyclic) bond motifs is 1. The second-order valence-electron chi connectivity index (χ2n) is 8.69. The van der Waals surface area contributed by atoms with Crippen molar-refractivity contribution in [3.05, 3.63) is 88.2 Å². The van der Waals surface area contributed by atoms with E-state index in [1.54, 1.807) is 29.7 Å². The maximum atomic E-state index is 13.9. The van der Waals surface area contributed by atoms with Crippen molar-refractivity contribution in [1.29, 1.82) is 0 Å². The quantitative estimate of drug-likeness (QED) is 0.280. The van der Waals surface area contributed by atoms with Crippen LogP contribution in [0.3, 0.4) is 0 Å². The van der Waals surface area contributed by atoms with Gasteiger partial charge in [-0.3, -0.25) is 9.59 Å². The minimum absolute atomic E-state index is 0.0141. The molecule has 0 saturated carbocycles. The van der Waals surface area contributed by atoms with E-state index in [4.69, 9.17) is 9.47 Å². The number of anilines is 1. The van der Waals surface area contributed by atoms with Gasteiger partial charge in [-0.05, 0) is 37.6 Å². The van der Waals surface area contributed by atoms with Gasteiger partial charge in [-0.25, -0.2) is 8.78 Å². The summed E-state index contributed by atoms with van der Waals surface area (Å²) in [5, 5.41) is 10.4. The highest BCUT2D eigenvalue weighted by atomic mass is 19.1. The number of aromatic nitrogens is 1. The zero-order valence-electron chi connectivity index (χ0n) is 21.3. The lowest BCUT2D eigenvalue weighted by Crippen LogP contribution is -2.35. The van der Waals surface area contributed by atoms with E-state index >= 15 is 0 Å². The van der Waals surface area contributed by atoms with Gasteiger partial charge in [0.05, 0.1) is 24.9 Å². The predicted molar refractivity (Wildman–Crippen MR) is 142 cm³/mol. The minimum atomic E-state index is -0.843. The van der Waals surface area contributed by atoms with Gasteiger partial charge >= 0.3 is 0 Å². The highest BCUT2D eigenvalue weighted by Crippen LogP contribution is 2.29. The largest absolute Gasteiger partial charge is 0.508 e. The summed E-state index contributed by atoms with van der Waals surface area (Å²) < 4.78 is 40.8. The molecule has 0 aliphatic rings. The number of ether oxygens (including phenoxy) is 2. The van der Waals surface area contributed by atoms with Crippen molar-refractivity contribution in [3.8, 4) is 22.9 Å². The summed E-state index contributed by atoms with van der Waals surface area (Å²) in [6, 6.07) is 12.1. The van der Waals surface area contributed by atoms with Gasteiger partial charge in [0.1, 0.15) is 34.4 Å². The van der Waals surface area contributed by atoms with Crippen LogP contribution < -0.4 is 19.8 Å². The number of methoxy groups -OCH3 is 1. The van der Waals surface area contributed by atoms with E-state index in [0.717, 1.165) is 29.9 Å². The fourth-order valence-electron chi connectivity index (χ4n) is 4.19. The molecular formula is C29H28F2N2O5. The summed E-state index contributed by atoms with van der Waals surface area (Å²) in [5.74, 6) is -1.47. The van der Waals surface area contributed by atoms with Crippen molar-refractivity contribution < 1.29 is 28.2 Å². The second-order valence-corrected chi connectivity index (χ2v) is 8.69. The Hall–Kier alpha value is -4.40. The molecule has 7 nitrogen and oxygen atoms in total. The predicted octanol–water partition coefficient (Wildman–Crippen LogP) is 5.83. The molecule has 198 valence electrons. The van der Waals surface area contributed by atoms with Crippen LogP contribution in [0.25, 0.3) is 16.6 Å². The molecule has 0 unspecified atom stereocenters. The number of phenolic OH excluding ortho intramolecular Hbond substituents is 1. The van der Waals surface area contributed by atoms with Gasteiger partial charge in [0.2, 0.25) is 5.43 Å². The zero-order chi connectivity index (χ0) is 27.4. The van der Waals surface area contributed by atoms with Crippen LogP contribution in [0.1, 0.15) is 37.0 Å². The minimum Gasteiger partial charge on any atom is -0.508 e. The molecule has 0 spiro atoms. The Kier molecular flexibility index (Phi) is 7.95. The van der Waals surface area contributed by atoms with Gasteiger partial charge in [0.25, 0.3) is 5.91 Å². The molecule has 4 aromatic rings. The number of hydrogen-bond donors (Lipinski definition) is 1. The van der Waals surface area contributed by atoms with Crippen molar-refractivity contribution >= 4 is 22.5 Å². The SMILES string of the molecule is CCCCOc1cc(OC)cc(-n2cc(C(=O)N(CC)c3cc(F)cc(F)c3)c(=O)c3ccc(O)cc32)c1. The lowest BCUT2D eigenvalue weighted by molar-refractivity contribution is 0.0987. The molecule has 0 atom stereocenters. The molecule has 1 N–H and O–H groups in total. The zero-order valence-corrected chi connectivity index (χ0v) is 21.3. The summed E-state index contributed by atoms with van der Waals surface area (Å²) in [5.41, 5.74) is 0.0455. The van der Waals surface area contributed by atoms with E-state index in [1.807, 2.05) is 0 Å². The molecule has 9 heteroatoms. The van der Waals surface area contributed by atoms with Crippen molar-refractivity contribution in [3.63, 3.8) is 0 Å². The van der Waals surface area contributed by atoms with Crippen LogP contribution in [0, 0.1) is 11.6 Å². The van der Waals surface area contributed by atoms with Crippen LogP contribution in [-0.4, -0.2) is 35.8 Å². The summed E-state index contributed by atoms with van der Waals surface area (Å²) in [6.07, 6.45) is 3.16. The number of carbonyl (C=O) groups is 1. The first-order chi connectivity index (χ1) is 18.2. The molecule has 1 amide bonds. The number of benzene rings is 3. The van der Waals surface area contributed by atoms with Crippen molar-refractivity contribution in [2.75, 3.05) is 25.2 Å². The highest BCUT2D eigenvalue weighted by Gasteiger charge is 2.23. The van der Waals surface area contributed by atoms with E-state index in [2.05, 4.69) is 6.92 Å². The fraction of sp³-hybridized carbons (Fsp3) is 0.241. The van der Waals surface area contributed by atoms with Crippen molar-refractivity contribution in [2.24, 2.45) is 0 Å². The third kappa shape index (κ3) is 5.46. The number of pyridine rings is 1. The molecule has 0 aliphatic heterocycles. The smallest absolute Gasteiger partial charge is 0.263 e. The topological polar surface area (TPSA) is 81.0 Å². The number of amides is 1. The first-order valence-corrected chi connectivity index (χ1v) is 12.2. The first kappa shape index (κ1) is 26.7. The summed E-state index contributed by atoms with van der Waals surface area (Å²) in [4.78, 5) is 28.3. The van der Waals surface area contributed by atoms with E-state index in [1.165, 1.54) is 31.5 Å². The van der Waals surface area contributed by atoms with Crippen LogP contribution in [0.2, 0.25) is 0 Å². The molecular weight excluding hydrogens is 494 g/mol. The highest BCUT2D eigenvalue weighted by molar-refractivity contribution is 6.07. The van der Waals surface area contributed by atoms with E-state index in [0.29, 0.717) is 35.4 Å². The summed E-state index contributed by atoms with van der Waals surface area (Å²) in [6.45, 7) is 4.24. The average molecular weight is 523 g/mol. The number of halogens is 2. The number of hydrogen-bond acceptors (Lipinski definition) is 5. The van der Waals surface area contributed by atoms with Crippen LogP contribution in [0.4, 0.5) is 14.5 Å². The molecule has 3 aromatic carbocycles. The van der Waals surface area contributed by atoms with Crippen LogP contribution in [0.5, 0.6) is 17.2 Å². The van der Waals surface area contributed by atoms with E-state index in [9.17, 15) is 23.5 Å². The van der Waals surface area contributed by atoms with Crippen LogP contribution >= 0.6 is 0 Å². The van der Waals surface area contributed by atoms with E-state index < -0.39 is 23.0 Å². The molecule has 0 radical (unpaired) electrons. The number of aromatic hydroxyl groups is 1. The summed E-state index contributed by atoms with van der Waals surface area (Å²) >= 11 is 0. The van der Waals surface area contributed by atoms with Crippen molar-refractivity contribution in [2.45, 2.75) is 26.7 Å². The standard InChI is InChI=1S/C29H28F2N2O5/c1-4-6-9-38-24-14-21(13-23(16-24)37-3)33-17-26(28(35)25-8-7-22(34)15-27(25)33)29(36)32(5-2)20-11-18(30)10-19(31)12-20/h7-8,10-17,34H,4-6,9H2,1-3H3. The first-order valence-electron chi connectivity index (χ1n) is 12.2. The molecule has 1 heterocycles. The average Bonchev–Trinajstić information content (AvgIpc) is 2.88. The number of carbonyl (C=O) groups excluding carboxylic acids is 1. The Morgan fingerprint density at radius 3 is 2.37 bits per heavy atom. The third-order valence-corrected chi connectivity index (χ3v) is 6.08. The molecule has 0 fully saturated rings. The lowest BCUT2D eigenvalue weighted by Gasteiger charge is -2.22. The number of nitrogens with zero attached hydrogens (tertiary/aromatic N) is 2. The van der Waals surface area contributed by atoms with Crippen LogP contribution in [0.15, 0.2) is 65.6 Å². The number of phenols is 1. The number of unbranched alkanes of at least 4 members (excludes halogenated alkanes) is 1. The Labute approximate surface area is 218 Å². The Morgan fingerprint density at radius 2 is 1.71 bits per heavy atom. The molecule has 4 rings (SSSR count). The van der Waals surface area contributed by atoms with Gasteiger partial charge in [-0.2, -0.15) is 0 Å². The van der Waals surface area contributed by atoms with Gasteiger partial charge in [-0.1, -0.05) is 13.3 Å².